The first kappa shape index (κ1) is 28.1. The third-order valence-corrected chi connectivity index (χ3v) is 6.75. The fourth-order valence-electron chi connectivity index (χ4n) is 4.29. The number of para-hydroxylation sites is 1. The van der Waals surface area contributed by atoms with E-state index >= 15 is 0 Å². The summed E-state index contributed by atoms with van der Waals surface area (Å²) in [4.78, 5) is 35.6. The van der Waals surface area contributed by atoms with Gasteiger partial charge in [0.15, 0.2) is 0 Å². The van der Waals surface area contributed by atoms with Gasteiger partial charge in [-0.1, -0.05) is 41.4 Å². The number of aryl methyl sites for hydroxylation is 1. The number of carbonyl (C=O) groups is 2. The van der Waals surface area contributed by atoms with Crippen molar-refractivity contribution in [2.45, 2.75) is 19.7 Å². The molecular formula is C29H24Cl2FN5O4. The van der Waals surface area contributed by atoms with Gasteiger partial charge in [0.25, 0.3) is 11.8 Å². The predicted octanol–water partition coefficient (Wildman–Crippen LogP) is 5.39. The molecule has 0 fully saturated rings. The predicted molar refractivity (Wildman–Crippen MR) is 154 cm³/mol. The van der Waals surface area contributed by atoms with Crippen LogP contribution < -0.4 is 20.1 Å². The Morgan fingerprint density at radius 2 is 1.93 bits per heavy atom. The number of nitrogens with one attached hydrogen (secondary N) is 2. The van der Waals surface area contributed by atoms with Crippen molar-refractivity contribution < 1.29 is 23.5 Å². The molecule has 1 unspecified atom stereocenters. The molecule has 12 heteroatoms. The molecule has 5 rings (SSSR count). The summed E-state index contributed by atoms with van der Waals surface area (Å²) in [6.45, 7) is 2.16. The van der Waals surface area contributed by atoms with Crippen LogP contribution in [-0.2, 0) is 18.4 Å². The second kappa shape index (κ2) is 12.0. The maximum Gasteiger partial charge on any atom is 0.269 e. The summed E-state index contributed by atoms with van der Waals surface area (Å²) in [5, 5.41) is 5.99. The van der Waals surface area contributed by atoms with E-state index in [1.807, 2.05) is 6.92 Å². The maximum absolute atomic E-state index is 14.3. The Labute approximate surface area is 244 Å². The first-order chi connectivity index (χ1) is 19.7. The fourth-order valence-corrected chi connectivity index (χ4v) is 4.85. The number of aromatic nitrogens is 2. The molecule has 4 aromatic rings. The smallest absolute Gasteiger partial charge is 0.269 e. The van der Waals surface area contributed by atoms with E-state index in [0.29, 0.717) is 45.7 Å². The standard InChI is InChI=1S/C29H24Cl2FN5O4/c1-3-40-23-13-16(30)12-20(31)25(23)26-18-6-4-5-7-21(18)34-29(39)27(35-26)36-28(38)19-14-17(32)8-9-22(19)41-15-24-33-10-11-37(24)2/h4-14,27H,3,15H2,1-2H3,(H,34,39)(H,36,38). The summed E-state index contributed by atoms with van der Waals surface area (Å²) in [6.07, 6.45) is 1.94. The number of ether oxygens (including phenoxy) is 2. The van der Waals surface area contributed by atoms with Crippen LogP contribution in [0.3, 0.4) is 0 Å². The van der Waals surface area contributed by atoms with Crippen LogP contribution in [0.5, 0.6) is 11.5 Å². The van der Waals surface area contributed by atoms with Gasteiger partial charge in [-0.25, -0.2) is 14.4 Å². The molecule has 0 saturated carbocycles. The number of benzodiazepines with no additional fused rings is 1. The monoisotopic (exact) mass is 595 g/mol. The molecule has 2 N–H and O–H groups in total. The average molecular weight is 596 g/mol. The summed E-state index contributed by atoms with van der Waals surface area (Å²) in [6, 6.07) is 13.7. The van der Waals surface area contributed by atoms with Gasteiger partial charge in [0.1, 0.15) is 29.7 Å². The molecule has 0 spiro atoms. The highest BCUT2D eigenvalue weighted by Gasteiger charge is 2.30. The normalized spacial score (nSPS) is 14.4. The van der Waals surface area contributed by atoms with E-state index in [4.69, 9.17) is 32.7 Å². The molecule has 0 radical (unpaired) electrons. The minimum atomic E-state index is -1.42. The van der Waals surface area contributed by atoms with Crippen molar-refractivity contribution in [3.8, 4) is 11.5 Å². The van der Waals surface area contributed by atoms with Crippen molar-refractivity contribution in [3.63, 3.8) is 0 Å². The number of aliphatic imine (C=N–C) groups is 1. The van der Waals surface area contributed by atoms with Crippen molar-refractivity contribution >= 4 is 46.4 Å². The van der Waals surface area contributed by atoms with E-state index in [1.165, 1.54) is 18.2 Å². The lowest BCUT2D eigenvalue weighted by Gasteiger charge is -2.17. The molecule has 3 aromatic carbocycles. The summed E-state index contributed by atoms with van der Waals surface area (Å²) < 4.78 is 27.6. The molecule has 9 nitrogen and oxygen atoms in total. The van der Waals surface area contributed by atoms with Crippen LogP contribution in [0.25, 0.3) is 0 Å². The van der Waals surface area contributed by atoms with Gasteiger partial charge in [-0.15, -0.1) is 0 Å². The topological polar surface area (TPSA) is 107 Å². The van der Waals surface area contributed by atoms with Gasteiger partial charge in [0, 0.05) is 30.0 Å². The summed E-state index contributed by atoms with van der Waals surface area (Å²) in [5.41, 5.74) is 1.56. The van der Waals surface area contributed by atoms with Gasteiger partial charge in [-0.05, 0) is 43.3 Å². The minimum Gasteiger partial charge on any atom is -0.493 e. The van der Waals surface area contributed by atoms with Crippen molar-refractivity contribution in [3.05, 3.63) is 105 Å². The number of hydrogen-bond donors (Lipinski definition) is 2. The Balaban J connectivity index is 1.53. The Bertz CT molecular complexity index is 1670. The number of anilines is 1. The molecule has 1 aliphatic heterocycles. The molecular weight excluding hydrogens is 572 g/mol. The van der Waals surface area contributed by atoms with Gasteiger partial charge in [-0.3, -0.25) is 9.59 Å². The molecule has 1 aromatic heterocycles. The third kappa shape index (κ3) is 6.03. The number of fused-ring (bicyclic) bond motifs is 1. The number of carbonyl (C=O) groups excluding carboxylic acids is 2. The Hall–Kier alpha value is -4.41. The van der Waals surface area contributed by atoms with E-state index in [1.54, 1.807) is 54.3 Å². The second-order valence-corrected chi connectivity index (χ2v) is 9.81. The van der Waals surface area contributed by atoms with E-state index < -0.39 is 23.8 Å². The van der Waals surface area contributed by atoms with Crippen LogP contribution in [0, 0.1) is 5.82 Å². The third-order valence-electron chi connectivity index (χ3n) is 6.23. The Morgan fingerprint density at radius 1 is 1.12 bits per heavy atom. The highest BCUT2D eigenvalue weighted by molar-refractivity contribution is 6.39. The quantitative estimate of drug-likeness (QED) is 0.284. The van der Waals surface area contributed by atoms with Crippen LogP contribution >= 0.6 is 23.2 Å². The van der Waals surface area contributed by atoms with E-state index in [-0.39, 0.29) is 22.9 Å². The number of benzene rings is 3. The van der Waals surface area contributed by atoms with Gasteiger partial charge in [0.2, 0.25) is 6.17 Å². The molecule has 1 aliphatic rings. The molecule has 2 heterocycles. The van der Waals surface area contributed by atoms with Crippen molar-refractivity contribution in [1.82, 2.24) is 14.9 Å². The van der Waals surface area contributed by atoms with Crippen molar-refractivity contribution in [1.29, 1.82) is 0 Å². The number of amides is 2. The lowest BCUT2D eigenvalue weighted by molar-refractivity contribution is -0.117. The summed E-state index contributed by atoms with van der Waals surface area (Å²) >= 11 is 12.9. The SMILES string of the molecule is CCOc1cc(Cl)cc(Cl)c1C1=NC(NC(=O)c2cc(F)ccc2OCc2nccn2C)C(=O)Nc2ccccc21. The molecule has 210 valence electrons. The molecule has 0 aliphatic carbocycles. The number of imidazole rings is 1. The van der Waals surface area contributed by atoms with Crippen LogP contribution in [0.2, 0.25) is 10.0 Å². The first-order valence-corrected chi connectivity index (χ1v) is 13.3. The van der Waals surface area contributed by atoms with Gasteiger partial charge in [-0.2, -0.15) is 0 Å². The number of halogens is 3. The first-order valence-electron chi connectivity index (χ1n) is 12.5. The molecule has 41 heavy (non-hydrogen) atoms. The van der Waals surface area contributed by atoms with E-state index in [0.717, 1.165) is 6.07 Å². The Kier molecular flexibility index (Phi) is 8.23. The zero-order valence-electron chi connectivity index (χ0n) is 22.0. The highest BCUT2D eigenvalue weighted by Crippen LogP contribution is 2.36. The summed E-state index contributed by atoms with van der Waals surface area (Å²) in [5.74, 6) is -0.992. The Morgan fingerprint density at radius 3 is 2.68 bits per heavy atom. The van der Waals surface area contributed by atoms with Gasteiger partial charge in [0.05, 0.1) is 34.2 Å². The zero-order chi connectivity index (χ0) is 29.1. The van der Waals surface area contributed by atoms with Gasteiger partial charge < -0.3 is 24.7 Å². The number of hydrogen-bond acceptors (Lipinski definition) is 6. The van der Waals surface area contributed by atoms with E-state index in [2.05, 4.69) is 20.6 Å². The minimum absolute atomic E-state index is 0.0339. The average Bonchev–Trinajstić information content (AvgIpc) is 3.29. The zero-order valence-corrected chi connectivity index (χ0v) is 23.5. The summed E-state index contributed by atoms with van der Waals surface area (Å²) in [7, 11) is 1.80. The lowest BCUT2D eigenvalue weighted by atomic mass is 9.99. The highest BCUT2D eigenvalue weighted by atomic mass is 35.5. The fraction of sp³-hybridized carbons (Fsp3) is 0.172. The molecule has 2 amide bonds. The van der Waals surface area contributed by atoms with Crippen LogP contribution in [0.15, 0.2) is 72.0 Å². The number of rotatable bonds is 8. The van der Waals surface area contributed by atoms with Crippen molar-refractivity contribution in [2.75, 3.05) is 11.9 Å². The molecule has 1 atom stereocenters. The van der Waals surface area contributed by atoms with Crippen LogP contribution in [-0.4, -0.2) is 39.8 Å². The largest absolute Gasteiger partial charge is 0.493 e. The van der Waals surface area contributed by atoms with Crippen LogP contribution in [0.4, 0.5) is 10.1 Å². The van der Waals surface area contributed by atoms with Crippen LogP contribution in [0.1, 0.15) is 34.2 Å². The number of nitrogens with zero attached hydrogens (tertiary/aromatic N) is 3. The van der Waals surface area contributed by atoms with Gasteiger partial charge >= 0.3 is 0 Å². The van der Waals surface area contributed by atoms with E-state index in [9.17, 15) is 14.0 Å². The molecule has 0 saturated heterocycles. The maximum atomic E-state index is 14.3. The molecule has 0 bridgehead atoms. The lowest BCUT2D eigenvalue weighted by Crippen LogP contribution is -2.42. The van der Waals surface area contributed by atoms with Crippen molar-refractivity contribution in [2.24, 2.45) is 12.0 Å². The second-order valence-electron chi connectivity index (χ2n) is 8.97.